The SMILES string of the molecule is O=C(CC1CCCCC1)N1CCN(Cc2nnc(C3CC3)o2)CC1. The maximum absolute atomic E-state index is 12.5. The maximum Gasteiger partial charge on any atom is 0.230 e. The molecule has 0 bridgehead atoms. The van der Waals surface area contributed by atoms with Gasteiger partial charge in [0.2, 0.25) is 17.7 Å². The first-order valence-electron chi connectivity index (χ1n) is 9.60. The van der Waals surface area contributed by atoms with Crippen molar-refractivity contribution in [2.45, 2.75) is 63.8 Å². The fourth-order valence-corrected chi connectivity index (χ4v) is 3.94. The number of rotatable bonds is 5. The lowest BCUT2D eigenvalue weighted by Crippen LogP contribution is -2.48. The van der Waals surface area contributed by atoms with Gasteiger partial charge in [-0.25, -0.2) is 0 Å². The van der Waals surface area contributed by atoms with E-state index in [-0.39, 0.29) is 0 Å². The summed E-state index contributed by atoms with van der Waals surface area (Å²) in [6.45, 7) is 4.17. The van der Waals surface area contributed by atoms with Crippen molar-refractivity contribution in [3.63, 3.8) is 0 Å². The Hall–Kier alpha value is -1.43. The van der Waals surface area contributed by atoms with Crippen LogP contribution in [0, 0.1) is 5.92 Å². The van der Waals surface area contributed by atoms with Gasteiger partial charge in [-0.3, -0.25) is 9.69 Å². The van der Waals surface area contributed by atoms with Crippen molar-refractivity contribution in [3.05, 3.63) is 11.8 Å². The summed E-state index contributed by atoms with van der Waals surface area (Å²) in [6.07, 6.45) is 9.57. The Bertz CT molecular complexity index is 555. The summed E-state index contributed by atoms with van der Waals surface area (Å²) in [5.74, 6) is 3.03. The van der Waals surface area contributed by atoms with Crippen LogP contribution in [0.1, 0.15) is 69.1 Å². The molecule has 2 heterocycles. The van der Waals surface area contributed by atoms with Crippen LogP contribution in [0.3, 0.4) is 0 Å². The van der Waals surface area contributed by atoms with Crippen LogP contribution < -0.4 is 0 Å². The maximum atomic E-state index is 12.5. The van der Waals surface area contributed by atoms with Crippen molar-refractivity contribution < 1.29 is 9.21 Å². The highest BCUT2D eigenvalue weighted by Crippen LogP contribution is 2.39. The molecular formula is C18H28N4O2. The average molecular weight is 332 g/mol. The molecule has 3 fully saturated rings. The van der Waals surface area contributed by atoms with Crippen molar-refractivity contribution in [2.24, 2.45) is 5.92 Å². The second-order valence-corrected chi connectivity index (χ2v) is 7.67. The fourth-order valence-electron chi connectivity index (χ4n) is 3.94. The number of carbonyl (C=O) groups excluding carboxylic acids is 1. The number of nitrogens with zero attached hydrogens (tertiary/aromatic N) is 4. The molecule has 24 heavy (non-hydrogen) atoms. The molecule has 0 aromatic carbocycles. The molecule has 2 saturated carbocycles. The molecule has 0 radical (unpaired) electrons. The van der Waals surface area contributed by atoms with Crippen LogP contribution in [0.15, 0.2) is 4.42 Å². The van der Waals surface area contributed by atoms with E-state index < -0.39 is 0 Å². The van der Waals surface area contributed by atoms with E-state index in [1.165, 1.54) is 44.9 Å². The van der Waals surface area contributed by atoms with E-state index in [0.717, 1.165) is 44.4 Å². The van der Waals surface area contributed by atoms with Crippen molar-refractivity contribution in [1.29, 1.82) is 0 Å². The summed E-state index contributed by atoms with van der Waals surface area (Å²) in [5, 5.41) is 8.31. The average Bonchev–Trinajstić information content (AvgIpc) is 3.36. The number of hydrogen-bond donors (Lipinski definition) is 0. The van der Waals surface area contributed by atoms with Gasteiger partial charge < -0.3 is 9.32 Å². The van der Waals surface area contributed by atoms with E-state index in [1.54, 1.807) is 0 Å². The summed E-state index contributed by atoms with van der Waals surface area (Å²) >= 11 is 0. The van der Waals surface area contributed by atoms with E-state index in [1.807, 2.05) is 0 Å². The molecule has 3 aliphatic rings. The van der Waals surface area contributed by atoms with Gasteiger partial charge in [0.05, 0.1) is 6.54 Å². The first-order chi connectivity index (χ1) is 11.8. The zero-order valence-corrected chi connectivity index (χ0v) is 14.5. The second-order valence-electron chi connectivity index (χ2n) is 7.67. The van der Waals surface area contributed by atoms with E-state index >= 15 is 0 Å². The van der Waals surface area contributed by atoms with E-state index in [0.29, 0.717) is 24.3 Å². The van der Waals surface area contributed by atoms with Gasteiger partial charge in [0.1, 0.15) is 0 Å². The third-order valence-corrected chi connectivity index (χ3v) is 5.68. The molecule has 0 unspecified atom stereocenters. The van der Waals surface area contributed by atoms with Crippen LogP contribution in [0.25, 0.3) is 0 Å². The highest BCUT2D eigenvalue weighted by molar-refractivity contribution is 5.76. The lowest BCUT2D eigenvalue weighted by molar-refractivity contribution is -0.134. The van der Waals surface area contributed by atoms with Gasteiger partial charge in [-0.05, 0) is 31.6 Å². The van der Waals surface area contributed by atoms with Crippen LogP contribution >= 0.6 is 0 Å². The standard InChI is InChI=1S/C18H28N4O2/c23-17(12-14-4-2-1-3-5-14)22-10-8-21(9-11-22)13-16-19-20-18(24-16)15-6-7-15/h14-15H,1-13H2. The molecule has 6 heteroatoms. The predicted octanol–water partition coefficient (Wildman–Crippen LogP) is 2.56. The quantitative estimate of drug-likeness (QED) is 0.829. The van der Waals surface area contributed by atoms with Gasteiger partial charge in [0.25, 0.3) is 0 Å². The third kappa shape index (κ3) is 3.97. The number of amides is 1. The monoisotopic (exact) mass is 332 g/mol. The van der Waals surface area contributed by atoms with E-state index in [2.05, 4.69) is 20.0 Å². The molecule has 4 rings (SSSR count). The third-order valence-electron chi connectivity index (χ3n) is 5.68. The molecule has 0 N–H and O–H groups in total. The Morgan fingerprint density at radius 1 is 1.00 bits per heavy atom. The summed E-state index contributed by atoms with van der Waals surface area (Å²) in [6, 6.07) is 0. The highest BCUT2D eigenvalue weighted by Gasteiger charge is 2.30. The molecular weight excluding hydrogens is 304 g/mol. The number of piperazine rings is 1. The van der Waals surface area contributed by atoms with Crippen molar-refractivity contribution in [1.82, 2.24) is 20.0 Å². The smallest absolute Gasteiger partial charge is 0.230 e. The van der Waals surface area contributed by atoms with Crippen LogP contribution in [0.2, 0.25) is 0 Å². The summed E-state index contributed by atoms with van der Waals surface area (Å²) in [4.78, 5) is 16.8. The Morgan fingerprint density at radius 3 is 2.46 bits per heavy atom. The van der Waals surface area contributed by atoms with Crippen molar-refractivity contribution in [3.8, 4) is 0 Å². The molecule has 2 aliphatic carbocycles. The van der Waals surface area contributed by atoms with Crippen LogP contribution in [-0.4, -0.2) is 52.1 Å². The van der Waals surface area contributed by atoms with E-state index in [9.17, 15) is 4.79 Å². The minimum Gasteiger partial charge on any atom is -0.424 e. The summed E-state index contributed by atoms with van der Waals surface area (Å²) in [7, 11) is 0. The van der Waals surface area contributed by atoms with Crippen molar-refractivity contribution >= 4 is 5.91 Å². The number of aromatic nitrogens is 2. The predicted molar refractivity (Wildman–Crippen MR) is 89.3 cm³/mol. The zero-order valence-electron chi connectivity index (χ0n) is 14.5. The highest BCUT2D eigenvalue weighted by atomic mass is 16.4. The minimum atomic E-state index is 0.357. The van der Waals surface area contributed by atoms with Gasteiger partial charge >= 0.3 is 0 Å². The van der Waals surface area contributed by atoms with Crippen molar-refractivity contribution in [2.75, 3.05) is 26.2 Å². The largest absolute Gasteiger partial charge is 0.424 e. The Balaban J connectivity index is 1.21. The molecule has 6 nitrogen and oxygen atoms in total. The van der Waals surface area contributed by atoms with Gasteiger partial charge in [0.15, 0.2) is 0 Å². The first-order valence-corrected chi connectivity index (χ1v) is 9.60. The van der Waals surface area contributed by atoms with Gasteiger partial charge in [-0.15, -0.1) is 10.2 Å². The van der Waals surface area contributed by atoms with Crippen LogP contribution in [-0.2, 0) is 11.3 Å². The van der Waals surface area contributed by atoms with Crippen LogP contribution in [0.4, 0.5) is 0 Å². The Morgan fingerprint density at radius 2 is 1.75 bits per heavy atom. The molecule has 1 amide bonds. The zero-order chi connectivity index (χ0) is 16.4. The van der Waals surface area contributed by atoms with Gasteiger partial charge in [-0.1, -0.05) is 19.3 Å². The normalized spacial score (nSPS) is 23.6. The molecule has 1 aromatic rings. The van der Waals surface area contributed by atoms with Gasteiger partial charge in [-0.2, -0.15) is 0 Å². The number of hydrogen-bond acceptors (Lipinski definition) is 5. The summed E-state index contributed by atoms with van der Waals surface area (Å²) < 4.78 is 5.74. The molecule has 1 saturated heterocycles. The molecule has 0 spiro atoms. The lowest BCUT2D eigenvalue weighted by atomic mass is 9.86. The van der Waals surface area contributed by atoms with E-state index in [4.69, 9.17) is 4.42 Å². The first kappa shape index (κ1) is 16.1. The molecule has 1 aromatic heterocycles. The number of carbonyl (C=O) groups is 1. The lowest BCUT2D eigenvalue weighted by Gasteiger charge is -2.35. The Labute approximate surface area is 143 Å². The summed E-state index contributed by atoms with van der Waals surface area (Å²) in [5.41, 5.74) is 0. The molecule has 0 atom stereocenters. The second kappa shape index (κ2) is 7.21. The minimum absolute atomic E-state index is 0.357. The molecule has 1 aliphatic heterocycles. The molecule has 132 valence electrons. The topological polar surface area (TPSA) is 62.5 Å². The van der Waals surface area contributed by atoms with Crippen LogP contribution in [0.5, 0.6) is 0 Å². The Kier molecular flexibility index (Phi) is 4.83. The fraction of sp³-hybridized carbons (Fsp3) is 0.833. The van der Waals surface area contributed by atoms with Gasteiger partial charge in [0, 0.05) is 38.5 Å².